The van der Waals surface area contributed by atoms with E-state index in [9.17, 15) is 17.6 Å². The van der Waals surface area contributed by atoms with E-state index in [-0.39, 0.29) is 29.7 Å². The third kappa shape index (κ3) is 4.70. The average molecular weight is 432 g/mol. The van der Waals surface area contributed by atoms with Crippen LogP contribution < -0.4 is 4.72 Å². The molecule has 1 N–H and O–H groups in total. The zero-order valence-electron chi connectivity index (χ0n) is 16.9. The molecule has 1 aliphatic heterocycles. The molecule has 2 aromatic rings. The van der Waals surface area contributed by atoms with Crippen LogP contribution in [0.1, 0.15) is 31.4 Å². The Morgan fingerprint density at radius 3 is 2.63 bits per heavy atom. The van der Waals surface area contributed by atoms with Crippen LogP contribution in [-0.4, -0.2) is 49.1 Å². The molecule has 1 aromatic heterocycles. The minimum atomic E-state index is -3.40. The summed E-state index contributed by atoms with van der Waals surface area (Å²) in [4.78, 5) is 19.5. The summed E-state index contributed by atoms with van der Waals surface area (Å²) in [5.74, 6) is -0.161. The molecule has 1 aromatic carbocycles. The van der Waals surface area contributed by atoms with E-state index in [1.165, 1.54) is 12.1 Å². The lowest BCUT2D eigenvalue weighted by atomic mass is 9.84. The summed E-state index contributed by atoms with van der Waals surface area (Å²) in [6.07, 6.45) is 5.04. The zero-order chi connectivity index (χ0) is 21.3. The summed E-state index contributed by atoms with van der Waals surface area (Å²) in [5, 5.41) is 0. The van der Waals surface area contributed by atoms with Gasteiger partial charge >= 0.3 is 0 Å². The molecule has 0 spiro atoms. The first-order valence-corrected chi connectivity index (χ1v) is 12.2. The second kappa shape index (κ2) is 8.43. The number of nitrogens with one attached hydrogen (secondary N) is 1. The van der Waals surface area contributed by atoms with Crippen LogP contribution in [0, 0.1) is 11.7 Å². The lowest BCUT2D eigenvalue weighted by Crippen LogP contribution is -2.49. The van der Waals surface area contributed by atoms with E-state index >= 15 is 0 Å². The Balaban J connectivity index is 1.59. The van der Waals surface area contributed by atoms with Gasteiger partial charge in [-0.1, -0.05) is 24.6 Å². The zero-order valence-corrected chi connectivity index (χ0v) is 17.7. The standard InChI is InChI=1S/C22H26FN3O3S/c1-30(28,29)25-20-11-12-26(22(27)15-5-2-6-15)21(20)14-18-9-4-10-19(24-18)16-7-3-8-17(23)13-16/h3-4,7-10,13,15,20-21,25H,2,5-6,11-12,14H2,1H3/t20-,21-/m1/s1. The van der Waals surface area contributed by atoms with Gasteiger partial charge in [0.25, 0.3) is 0 Å². The molecular weight excluding hydrogens is 405 g/mol. The summed E-state index contributed by atoms with van der Waals surface area (Å²) in [6.45, 7) is 0.538. The maximum Gasteiger partial charge on any atom is 0.225 e. The number of rotatable bonds is 6. The number of hydrogen-bond donors (Lipinski definition) is 1. The summed E-state index contributed by atoms with van der Waals surface area (Å²) in [7, 11) is -3.40. The molecular formula is C22H26FN3O3S. The van der Waals surface area contributed by atoms with E-state index in [4.69, 9.17) is 0 Å². The number of nitrogens with zero attached hydrogens (tertiary/aromatic N) is 2. The van der Waals surface area contributed by atoms with Crippen molar-refractivity contribution in [2.45, 2.75) is 44.2 Å². The van der Waals surface area contributed by atoms with Gasteiger partial charge in [-0.05, 0) is 43.5 Å². The molecule has 4 rings (SSSR count). The number of likely N-dealkylation sites (tertiary alicyclic amines) is 1. The fourth-order valence-corrected chi connectivity index (χ4v) is 5.12. The predicted octanol–water partition coefficient (Wildman–Crippen LogP) is 2.75. The Hall–Kier alpha value is -2.32. The summed E-state index contributed by atoms with van der Waals surface area (Å²) in [6, 6.07) is 11.2. The molecule has 0 unspecified atom stereocenters. The van der Waals surface area contributed by atoms with Crippen molar-refractivity contribution in [3.63, 3.8) is 0 Å². The Morgan fingerprint density at radius 2 is 1.97 bits per heavy atom. The Kier molecular flexibility index (Phi) is 5.88. The average Bonchev–Trinajstić information content (AvgIpc) is 3.01. The largest absolute Gasteiger partial charge is 0.337 e. The highest BCUT2D eigenvalue weighted by atomic mass is 32.2. The summed E-state index contributed by atoms with van der Waals surface area (Å²) < 4.78 is 40.0. The lowest BCUT2D eigenvalue weighted by Gasteiger charge is -2.34. The molecule has 1 amide bonds. The highest BCUT2D eigenvalue weighted by Gasteiger charge is 2.41. The number of carbonyl (C=O) groups excluding carboxylic acids is 1. The number of amides is 1. The van der Waals surface area contributed by atoms with Crippen LogP contribution in [0.2, 0.25) is 0 Å². The second-order valence-corrected chi connectivity index (χ2v) is 10.0. The van der Waals surface area contributed by atoms with Gasteiger partial charge in [-0.3, -0.25) is 9.78 Å². The number of pyridine rings is 1. The maximum atomic E-state index is 13.6. The summed E-state index contributed by atoms with van der Waals surface area (Å²) >= 11 is 0. The molecule has 0 bridgehead atoms. The molecule has 1 aliphatic carbocycles. The maximum absolute atomic E-state index is 13.6. The van der Waals surface area contributed by atoms with Crippen LogP contribution in [0.25, 0.3) is 11.3 Å². The molecule has 30 heavy (non-hydrogen) atoms. The van der Waals surface area contributed by atoms with Crippen LogP contribution >= 0.6 is 0 Å². The molecule has 1 saturated heterocycles. The molecule has 2 heterocycles. The smallest absolute Gasteiger partial charge is 0.225 e. The number of carbonyl (C=O) groups is 1. The van der Waals surface area contributed by atoms with Gasteiger partial charge in [-0.25, -0.2) is 17.5 Å². The highest BCUT2D eigenvalue weighted by molar-refractivity contribution is 7.88. The van der Waals surface area contributed by atoms with Crippen molar-refractivity contribution in [1.82, 2.24) is 14.6 Å². The minimum absolute atomic E-state index is 0.0519. The first kappa shape index (κ1) is 20.9. The number of sulfonamides is 1. The number of halogens is 1. The van der Waals surface area contributed by atoms with Crippen molar-refractivity contribution in [2.75, 3.05) is 12.8 Å². The fraction of sp³-hybridized carbons (Fsp3) is 0.455. The van der Waals surface area contributed by atoms with Crippen molar-refractivity contribution < 1.29 is 17.6 Å². The molecule has 8 heteroatoms. The van der Waals surface area contributed by atoms with Crippen molar-refractivity contribution in [3.8, 4) is 11.3 Å². The highest BCUT2D eigenvalue weighted by Crippen LogP contribution is 2.32. The van der Waals surface area contributed by atoms with E-state index in [1.807, 2.05) is 23.1 Å². The van der Waals surface area contributed by atoms with Gasteiger partial charge in [0, 0.05) is 36.2 Å². The van der Waals surface area contributed by atoms with Crippen LogP contribution in [0.4, 0.5) is 4.39 Å². The van der Waals surface area contributed by atoms with Crippen molar-refractivity contribution in [3.05, 3.63) is 54.0 Å². The quantitative estimate of drug-likeness (QED) is 0.763. The Bertz CT molecular complexity index is 1040. The van der Waals surface area contributed by atoms with E-state index in [0.717, 1.165) is 31.2 Å². The number of aromatic nitrogens is 1. The van der Waals surface area contributed by atoms with Gasteiger partial charge in [-0.15, -0.1) is 0 Å². The third-order valence-electron chi connectivity index (χ3n) is 5.99. The number of benzene rings is 1. The van der Waals surface area contributed by atoms with Crippen molar-refractivity contribution in [2.24, 2.45) is 5.92 Å². The molecule has 2 atom stereocenters. The molecule has 2 fully saturated rings. The molecule has 0 radical (unpaired) electrons. The van der Waals surface area contributed by atoms with Gasteiger partial charge in [0.1, 0.15) is 5.82 Å². The molecule has 1 saturated carbocycles. The normalized spacial score (nSPS) is 22.1. The second-order valence-electron chi connectivity index (χ2n) is 8.24. The van der Waals surface area contributed by atoms with Crippen LogP contribution in [0.5, 0.6) is 0 Å². The minimum Gasteiger partial charge on any atom is -0.337 e. The van der Waals surface area contributed by atoms with Crippen molar-refractivity contribution in [1.29, 1.82) is 0 Å². The van der Waals surface area contributed by atoms with Crippen LogP contribution in [0.15, 0.2) is 42.5 Å². The number of hydrogen-bond acceptors (Lipinski definition) is 4. The molecule has 2 aliphatic rings. The first-order valence-electron chi connectivity index (χ1n) is 10.3. The topological polar surface area (TPSA) is 79.4 Å². The van der Waals surface area contributed by atoms with Gasteiger partial charge in [-0.2, -0.15) is 0 Å². The van der Waals surface area contributed by atoms with E-state index in [2.05, 4.69) is 9.71 Å². The summed E-state index contributed by atoms with van der Waals surface area (Å²) in [5.41, 5.74) is 2.07. The first-order chi connectivity index (χ1) is 14.3. The van der Waals surface area contributed by atoms with E-state index < -0.39 is 10.0 Å². The Morgan fingerprint density at radius 1 is 1.20 bits per heavy atom. The fourth-order valence-electron chi connectivity index (χ4n) is 4.30. The van der Waals surface area contributed by atoms with Gasteiger partial charge in [0.15, 0.2) is 0 Å². The van der Waals surface area contributed by atoms with Crippen molar-refractivity contribution >= 4 is 15.9 Å². The van der Waals surface area contributed by atoms with E-state index in [1.54, 1.807) is 12.1 Å². The van der Waals surface area contributed by atoms with E-state index in [0.29, 0.717) is 30.6 Å². The van der Waals surface area contributed by atoms with Gasteiger partial charge < -0.3 is 4.90 Å². The van der Waals surface area contributed by atoms with Crippen LogP contribution in [0.3, 0.4) is 0 Å². The monoisotopic (exact) mass is 431 g/mol. The Labute approximate surface area is 176 Å². The third-order valence-corrected chi connectivity index (χ3v) is 6.73. The molecule has 6 nitrogen and oxygen atoms in total. The van der Waals surface area contributed by atoms with Gasteiger partial charge in [0.05, 0.1) is 18.0 Å². The predicted molar refractivity (Wildman–Crippen MR) is 113 cm³/mol. The van der Waals surface area contributed by atoms with Crippen LogP contribution in [-0.2, 0) is 21.2 Å². The lowest BCUT2D eigenvalue weighted by molar-refractivity contribution is -0.139. The van der Waals surface area contributed by atoms with Gasteiger partial charge in [0.2, 0.25) is 15.9 Å². The SMILES string of the molecule is CS(=O)(=O)N[C@@H]1CCN(C(=O)C2CCC2)[C@@H]1Cc1cccc(-c2cccc(F)c2)n1. The molecule has 160 valence electrons.